The number of carbonyl (C=O) groups excluding carboxylic acids is 2. The average Bonchev–Trinajstić information content (AvgIpc) is 3.27. The highest BCUT2D eigenvalue weighted by Crippen LogP contribution is 2.22. The van der Waals surface area contributed by atoms with Gasteiger partial charge in [-0.25, -0.2) is 4.39 Å². The third-order valence-electron chi connectivity index (χ3n) is 5.54. The Balaban J connectivity index is 1.33. The molecule has 1 aromatic carbocycles. The molecule has 8 heteroatoms. The zero-order valence-electron chi connectivity index (χ0n) is 17.1. The van der Waals surface area contributed by atoms with Crippen molar-refractivity contribution in [3.63, 3.8) is 0 Å². The Hall–Kier alpha value is -3.55. The predicted molar refractivity (Wildman–Crippen MR) is 113 cm³/mol. The van der Waals surface area contributed by atoms with E-state index in [1.165, 1.54) is 12.1 Å². The van der Waals surface area contributed by atoms with Crippen LogP contribution in [0.2, 0.25) is 0 Å². The monoisotopic (exact) mass is 421 g/mol. The summed E-state index contributed by atoms with van der Waals surface area (Å²) in [5.41, 5.74) is 3.29. The maximum Gasteiger partial charge on any atom is 0.225 e. The molecule has 31 heavy (non-hydrogen) atoms. The Labute approximate surface area is 179 Å². The summed E-state index contributed by atoms with van der Waals surface area (Å²) < 4.78 is 13.2. The van der Waals surface area contributed by atoms with Gasteiger partial charge in [-0.2, -0.15) is 5.10 Å². The first kappa shape index (κ1) is 20.7. The number of aromatic nitrogens is 3. The maximum atomic E-state index is 13.2. The standard InChI is InChI=1S/C23H24FN5O2/c24-19-7-4-16(5-8-19)22-18(14-27-28-22)13-26-23(31)17-6-9-21(30)29(15-17)12-10-20-3-1-2-11-25-20/h1-5,7-8,11,14,17H,6,9-10,12-13,15H2,(H,26,31)(H,27,28). The van der Waals surface area contributed by atoms with Gasteiger partial charge in [0.2, 0.25) is 11.8 Å². The summed E-state index contributed by atoms with van der Waals surface area (Å²) in [6.45, 7) is 1.27. The van der Waals surface area contributed by atoms with Crippen molar-refractivity contribution in [3.05, 3.63) is 71.9 Å². The number of rotatable bonds is 7. The number of nitrogens with zero attached hydrogens (tertiary/aromatic N) is 3. The van der Waals surface area contributed by atoms with Gasteiger partial charge in [0.15, 0.2) is 0 Å². The number of hydrogen-bond donors (Lipinski definition) is 2. The van der Waals surface area contributed by atoms with E-state index in [1.807, 2.05) is 18.2 Å². The van der Waals surface area contributed by atoms with Crippen LogP contribution in [0.5, 0.6) is 0 Å². The topological polar surface area (TPSA) is 91.0 Å². The summed E-state index contributed by atoms with van der Waals surface area (Å²) in [5, 5.41) is 9.93. The average molecular weight is 421 g/mol. The number of piperidine rings is 1. The maximum absolute atomic E-state index is 13.2. The van der Waals surface area contributed by atoms with Crippen molar-refractivity contribution in [1.29, 1.82) is 0 Å². The molecule has 1 atom stereocenters. The molecule has 2 amide bonds. The lowest BCUT2D eigenvalue weighted by molar-refractivity contribution is -0.138. The van der Waals surface area contributed by atoms with Gasteiger partial charge < -0.3 is 10.2 Å². The molecule has 1 saturated heterocycles. The van der Waals surface area contributed by atoms with Crippen LogP contribution in [0.15, 0.2) is 54.9 Å². The third kappa shape index (κ3) is 5.14. The molecule has 3 heterocycles. The van der Waals surface area contributed by atoms with Gasteiger partial charge in [-0.1, -0.05) is 6.07 Å². The quantitative estimate of drug-likeness (QED) is 0.614. The minimum Gasteiger partial charge on any atom is -0.352 e. The SMILES string of the molecule is O=C(NCc1cn[nH]c1-c1ccc(F)cc1)C1CCC(=O)N(CCc2ccccn2)C1. The largest absolute Gasteiger partial charge is 0.352 e. The van der Waals surface area contributed by atoms with Crippen molar-refractivity contribution in [2.24, 2.45) is 5.92 Å². The summed E-state index contributed by atoms with van der Waals surface area (Å²) in [6, 6.07) is 11.8. The van der Waals surface area contributed by atoms with Crippen LogP contribution < -0.4 is 5.32 Å². The summed E-state index contributed by atoms with van der Waals surface area (Å²) >= 11 is 0. The molecule has 1 unspecified atom stereocenters. The highest BCUT2D eigenvalue weighted by Gasteiger charge is 2.30. The van der Waals surface area contributed by atoms with Crippen LogP contribution >= 0.6 is 0 Å². The molecule has 2 N–H and O–H groups in total. The van der Waals surface area contributed by atoms with Crippen LogP contribution in [0.25, 0.3) is 11.3 Å². The minimum absolute atomic E-state index is 0.0772. The number of amides is 2. The highest BCUT2D eigenvalue weighted by atomic mass is 19.1. The number of carbonyl (C=O) groups is 2. The van der Waals surface area contributed by atoms with E-state index in [0.29, 0.717) is 38.9 Å². The molecule has 7 nitrogen and oxygen atoms in total. The fourth-order valence-electron chi connectivity index (χ4n) is 3.78. The number of pyridine rings is 1. The van der Waals surface area contributed by atoms with Crippen LogP contribution in [-0.4, -0.2) is 45.0 Å². The van der Waals surface area contributed by atoms with E-state index in [9.17, 15) is 14.0 Å². The smallest absolute Gasteiger partial charge is 0.225 e. The first-order valence-electron chi connectivity index (χ1n) is 10.3. The molecule has 0 bridgehead atoms. The van der Waals surface area contributed by atoms with E-state index in [0.717, 1.165) is 22.5 Å². The van der Waals surface area contributed by atoms with Crippen molar-refractivity contribution in [1.82, 2.24) is 25.4 Å². The van der Waals surface area contributed by atoms with Gasteiger partial charge in [-0.3, -0.25) is 19.7 Å². The molecule has 0 saturated carbocycles. The summed E-state index contributed by atoms with van der Waals surface area (Å²) in [6.07, 6.45) is 4.97. The molecule has 2 aromatic heterocycles. The molecular weight excluding hydrogens is 397 g/mol. The molecule has 1 aliphatic rings. The molecule has 0 radical (unpaired) electrons. The molecule has 160 valence electrons. The normalized spacial score (nSPS) is 16.4. The Kier molecular flexibility index (Phi) is 6.35. The number of benzene rings is 1. The Morgan fingerprint density at radius 2 is 2.06 bits per heavy atom. The predicted octanol–water partition coefficient (Wildman–Crippen LogP) is 2.71. The van der Waals surface area contributed by atoms with Crippen LogP contribution in [0.3, 0.4) is 0 Å². The van der Waals surface area contributed by atoms with E-state index >= 15 is 0 Å². The first-order valence-corrected chi connectivity index (χ1v) is 10.3. The van der Waals surface area contributed by atoms with Crippen LogP contribution in [0, 0.1) is 11.7 Å². The van der Waals surface area contributed by atoms with Gasteiger partial charge in [-0.05, 0) is 42.8 Å². The molecule has 0 aliphatic carbocycles. The van der Waals surface area contributed by atoms with Crippen LogP contribution in [-0.2, 0) is 22.6 Å². The fourth-order valence-corrected chi connectivity index (χ4v) is 3.78. The lowest BCUT2D eigenvalue weighted by atomic mass is 9.96. The van der Waals surface area contributed by atoms with Crippen molar-refractivity contribution in [2.75, 3.05) is 13.1 Å². The second-order valence-electron chi connectivity index (χ2n) is 7.64. The number of H-pyrrole nitrogens is 1. The van der Waals surface area contributed by atoms with Crippen molar-refractivity contribution in [3.8, 4) is 11.3 Å². The molecule has 4 rings (SSSR count). The minimum atomic E-state index is -0.308. The van der Waals surface area contributed by atoms with Gasteiger partial charge in [0.05, 0.1) is 17.8 Å². The second kappa shape index (κ2) is 9.51. The molecular formula is C23H24FN5O2. The zero-order chi connectivity index (χ0) is 21.6. The number of halogens is 1. The first-order chi connectivity index (χ1) is 15.1. The van der Waals surface area contributed by atoms with Crippen LogP contribution in [0.1, 0.15) is 24.1 Å². The van der Waals surface area contributed by atoms with E-state index in [4.69, 9.17) is 0 Å². The second-order valence-corrected chi connectivity index (χ2v) is 7.64. The summed E-state index contributed by atoms with van der Waals surface area (Å²) in [4.78, 5) is 31.1. The van der Waals surface area contributed by atoms with Gasteiger partial charge in [-0.15, -0.1) is 0 Å². The Morgan fingerprint density at radius 3 is 2.84 bits per heavy atom. The summed E-state index contributed by atoms with van der Waals surface area (Å²) in [7, 11) is 0. The summed E-state index contributed by atoms with van der Waals surface area (Å²) in [5.74, 6) is -0.560. The van der Waals surface area contributed by atoms with E-state index < -0.39 is 0 Å². The fraction of sp³-hybridized carbons (Fsp3) is 0.304. The number of hydrogen-bond acceptors (Lipinski definition) is 4. The Morgan fingerprint density at radius 1 is 1.23 bits per heavy atom. The van der Waals surface area contributed by atoms with Crippen molar-refractivity contribution >= 4 is 11.8 Å². The van der Waals surface area contributed by atoms with Gasteiger partial charge in [0, 0.05) is 55.5 Å². The number of likely N-dealkylation sites (tertiary alicyclic amines) is 1. The molecule has 3 aromatic rings. The van der Waals surface area contributed by atoms with Gasteiger partial charge in [0.1, 0.15) is 5.82 Å². The van der Waals surface area contributed by atoms with Crippen molar-refractivity contribution in [2.45, 2.75) is 25.8 Å². The molecule has 0 spiro atoms. The van der Waals surface area contributed by atoms with E-state index in [2.05, 4.69) is 20.5 Å². The van der Waals surface area contributed by atoms with Gasteiger partial charge >= 0.3 is 0 Å². The lowest BCUT2D eigenvalue weighted by Gasteiger charge is -2.32. The highest BCUT2D eigenvalue weighted by molar-refractivity contribution is 5.84. The number of nitrogens with one attached hydrogen (secondary N) is 2. The lowest BCUT2D eigenvalue weighted by Crippen LogP contribution is -2.46. The van der Waals surface area contributed by atoms with Crippen molar-refractivity contribution < 1.29 is 14.0 Å². The zero-order valence-corrected chi connectivity index (χ0v) is 17.1. The van der Waals surface area contributed by atoms with Gasteiger partial charge in [0.25, 0.3) is 0 Å². The van der Waals surface area contributed by atoms with E-state index in [1.54, 1.807) is 29.4 Å². The van der Waals surface area contributed by atoms with Crippen LogP contribution in [0.4, 0.5) is 4.39 Å². The molecule has 1 fully saturated rings. The third-order valence-corrected chi connectivity index (χ3v) is 5.54. The number of aromatic amines is 1. The molecule has 1 aliphatic heterocycles. The Bertz CT molecular complexity index is 1040. The van der Waals surface area contributed by atoms with E-state index in [-0.39, 0.29) is 23.5 Å².